The van der Waals surface area contributed by atoms with Crippen LogP contribution in [0.3, 0.4) is 0 Å². The number of carboxylic acid groups (broad SMARTS) is 1. The van der Waals surface area contributed by atoms with E-state index >= 15 is 0 Å². The first-order valence-electron chi connectivity index (χ1n) is 6.46. The molecule has 8 heteroatoms. The van der Waals surface area contributed by atoms with Crippen molar-refractivity contribution in [2.24, 2.45) is 5.92 Å². The summed E-state index contributed by atoms with van der Waals surface area (Å²) in [5.41, 5.74) is 0. The number of hydrogen-bond donors (Lipinski definition) is 1. The van der Waals surface area contributed by atoms with Crippen molar-refractivity contribution < 1.29 is 29.0 Å². The molecular weight excluding hydrogens is 268 g/mol. The van der Waals surface area contributed by atoms with Gasteiger partial charge < -0.3 is 24.4 Å². The summed E-state index contributed by atoms with van der Waals surface area (Å²) in [6.45, 7) is 1.62. The molecule has 1 N–H and O–H groups in total. The minimum atomic E-state index is -0.875. The van der Waals surface area contributed by atoms with Crippen LogP contribution in [-0.4, -0.2) is 78.9 Å². The number of carbonyl (C=O) groups excluding carboxylic acids is 2. The Kier molecular flexibility index (Phi) is 4.43. The van der Waals surface area contributed by atoms with Crippen LogP contribution in [-0.2, 0) is 19.1 Å². The van der Waals surface area contributed by atoms with Gasteiger partial charge in [-0.3, -0.25) is 9.59 Å². The topological polar surface area (TPSA) is 96.4 Å². The molecule has 0 aromatic heterocycles. The molecule has 2 aliphatic heterocycles. The standard InChI is InChI=1S/C12H18N2O6/c1-19-10(15)4-9-7-13(2-3-20-9)12(18)14-5-8(6-14)11(16)17/h8-9H,2-7H2,1H3,(H,16,17). The molecule has 2 rings (SSSR count). The van der Waals surface area contributed by atoms with Gasteiger partial charge in [0.2, 0.25) is 0 Å². The number of likely N-dealkylation sites (tertiary alicyclic amines) is 1. The number of carboxylic acids is 1. The Morgan fingerprint density at radius 3 is 2.55 bits per heavy atom. The molecule has 0 radical (unpaired) electrons. The second-order valence-corrected chi connectivity index (χ2v) is 4.94. The van der Waals surface area contributed by atoms with Gasteiger partial charge in [0.05, 0.1) is 32.2 Å². The molecule has 0 spiro atoms. The van der Waals surface area contributed by atoms with Crippen molar-refractivity contribution in [1.29, 1.82) is 0 Å². The van der Waals surface area contributed by atoms with Crippen molar-refractivity contribution >= 4 is 18.0 Å². The third-order valence-corrected chi connectivity index (χ3v) is 3.53. The Bertz CT molecular complexity index is 407. The fourth-order valence-electron chi connectivity index (χ4n) is 2.28. The zero-order valence-electron chi connectivity index (χ0n) is 11.3. The van der Waals surface area contributed by atoms with Gasteiger partial charge in [0, 0.05) is 26.2 Å². The molecule has 2 fully saturated rings. The van der Waals surface area contributed by atoms with Crippen LogP contribution in [0.5, 0.6) is 0 Å². The van der Waals surface area contributed by atoms with Gasteiger partial charge in [0.1, 0.15) is 0 Å². The van der Waals surface area contributed by atoms with Crippen LogP contribution < -0.4 is 0 Å². The van der Waals surface area contributed by atoms with Crippen molar-refractivity contribution in [1.82, 2.24) is 9.80 Å². The van der Waals surface area contributed by atoms with Gasteiger partial charge in [0.25, 0.3) is 0 Å². The molecule has 0 saturated carbocycles. The van der Waals surface area contributed by atoms with Crippen molar-refractivity contribution in [3.8, 4) is 0 Å². The summed E-state index contributed by atoms with van der Waals surface area (Å²) < 4.78 is 9.99. The van der Waals surface area contributed by atoms with Crippen LogP contribution in [0, 0.1) is 5.92 Å². The molecule has 1 unspecified atom stereocenters. The first-order valence-corrected chi connectivity index (χ1v) is 6.46. The van der Waals surface area contributed by atoms with Crippen molar-refractivity contribution in [2.75, 3.05) is 39.9 Å². The smallest absolute Gasteiger partial charge is 0.320 e. The van der Waals surface area contributed by atoms with Gasteiger partial charge in [-0.05, 0) is 0 Å². The van der Waals surface area contributed by atoms with Crippen molar-refractivity contribution in [3.63, 3.8) is 0 Å². The highest BCUT2D eigenvalue weighted by Gasteiger charge is 2.38. The summed E-state index contributed by atoms with van der Waals surface area (Å²) in [7, 11) is 1.31. The van der Waals surface area contributed by atoms with Crippen LogP contribution in [0.2, 0.25) is 0 Å². The SMILES string of the molecule is COC(=O)CC1CN(C(=O)N2CC(C(=O)O)C2)CCO1. The van der Waals surface area contributed by atoms with E-state index in [0.29, 0.717) is 19.7 Å². The number of carbonyl (C=O) groups is 3. The van der Waals surface area contributed by atoms with E-state index in [1.165, 1.54) is 12.0 Å². The average molecular weight is 286 g/mol. The van der Waals surface area contributed by atoms with Crippen LogP contribution >= 0.6 is 0 Å². The molecule has 0 bridgehead atoms. The number of ether oxygens (including phenoxy) is 2. The molecule has 8 nitrogen and oxygen atoms in total. The number of morpholine rings is 1. The number of urea groups is 1. The Labute approximate surface area is 116 Å². The molecular formula is C12H18N2O6. The van der Waals surface area contributed by atoms with Crippen molar-refractivity contribution in [2.45, 2.75) is 12.5 Å². The highest BCUT2D eigenvalue weighted by Crippen LogP contribution is 2.19. The normalized spacial score (nSPS) is 23.1. The number of methoxy groups -OCH3 is 1. The van der Waals surface area contributed by atoms with Gasteiger partial charge in [-0.1, -0.05) is 0 Å². The Balaban J connectivity index is 1.82. The van der Waals surface area contributed by atoms with Gasteiger partial charge in [0.15, 0.2) is 0 Å². The monoisotopic (exact) mass is 286 g/mol. The third kappa shape index (κ3) is 3.19. The highest BCUT2D eigenvalue weighted by molar-refractivity contribution is 5.80. The average Bonchev–Trinajstić information content (AvgIpc) is 2.36. The Morgan fingerprint density at radius 1 is 1.25 bits per heavy atom. The summed E-state index contributed by atoms with van der Waals surface area (Å²) in [4.78, 5) is 37.1. The Hall–Kier alpha value is -1.83. The zero-order chi connectivity index (χ0) is 14.7. The van der Waals surface area contributed by atoms with E-state index in [-0.39, 0.29) is 37.6 Å². The maximum absolute atomic E-state index is 12.1. The van der Waals surface area contributed by atoms with E-state index in [1.54, 1.807) is 4.90 Å². The van der Waals surface area contributed by atoms with Crippen LogP contribution in [0.15, 0.2) is 0 Å². The summed E-state index contributed by atoms with van der Waals surface area (Å²) in [5.74, 6) is -1.72. The van der Waals surface area contributed by atoms with Gasteiger partial charge in [-0.2, -0.15) is 0 Å². The first-order chi connectivity index (χ1) is 9.51. The second kappa shape index (κ2) is 6.08. The molecule has 112 valence electrons. The second-order valence-electron chi connectivity index (χ2n) is 4.94. The van der Waals surface area contributed by atoms with Gasteiger partial charge >= 0.3 is 18.0 Å². The summed E-state index contributed by atoms with van der Waals surface area (Å²) >= 11 is 0. The minimum absolute atomic E-state index is 0.109. The number of aliphatic carboxylic acids is 1. The highest BCUT2D eigenvalue weighted by atomic mass is 16.5. The fourth-order valence-corrected chi connectivity index (χ4v) is 2.28. The van der Waals surface area contributed by atoms with E-state index in [1.807, 2.05) is 0 Å². The van der Waals surface area contributed by atoms with Gasteiger partial charge in [-0.25, -0.2) is 4.79 Å². The maximum Gasteiger partial charge on any atom is 0.320 e. The van der Waals surface area contributed by atoms with E-state index in [9.17, 15) is 14.4 Å². The predicted molar refractivity (Wildman–Crippen MR) is 66.0 cm³/mol. The molecule has 20 heavy (non-hydrogen) atoms. The van der Waals surface area contributed by atoms with E-state index < -0.39 is 11.9 Å². The molecule has 2 aliphatic rings. The lowest BCUT2D eigenvalue weighted by Crippen LogP contribution is -2.59. The number of amides is 2. The molecule has 2 heterocycles. The lowest BCUT2D eigenvalue weighted by Gasteiger charge is -2.42. The van der Waals surface area contributed by atoms with Gasteiger partial charge in [-0.15, -0.1) is 0 Å². The van der Waals surface area contributed by atoms with Crippen molar-refractivity contribution in [3.05, 3.63) is 0 Å². The van der Waals surface area contributed by atoms with E-state index in [2.05, 4.69) is 4.74 Å². The number of hydrogen-bond acceptors (Lipinski definition) is 5. The zero-order valence-corrected chi connectivity index (χ0v) is 11.3. The molecule has 2 amide bonds. The summed E-state index contributed by atoms with van der Waals surface area (Å²) in [5, 5.41) is 8.79. The lowest BCUT2D eigenvalue weighted by molar-refractivity contribution is -0.148. The maximum atomic E-state index is 12.1. The minimum Gasteiger partial charge on any atom is -0.481 e. The number of esters is 1. The number of rotatable bonds is 3. The fraction of sp³-hybridized carbons (Fsp3) is 0.750. The summed E-state index contributed by atoms with van der Waals surface area (Å²) in [6, 6.07) is -0.194. The molecule has 2 saturated heterocycles. The molecule has 1 atom stereocenters. The number of nitrogens with zero attached hydrogens (tertiary/aromatic N) is 2. The molecule has 0 aromatic rings. The largest absolute Gasteiger partial charge is 0.481 e. The summed E-state index contributed by atoms with van der Waals surface area (Å²) in [6.07, 6.45) is -0.255. The van der Waals surface area contributed by atoms with E-state index in [4.69, 9.17) is 9.84 Å². The van der Waals surface area contributed by atoms with Crippen LogP contribution in [0.4, 0.5) is 4.79 Å². The third-order valence-electron chi connectivity index (χ3n) is 3.53. The van der Waals surface area contributed by atoms with Crippen LogP contribution in [0.1, 0.15) is 6.42 Å². The predicted octanol–water partition coefficient (Wildman–Crippen LogP) is -0.613. The molecule has 0 aromatic carbocycles. The van der Waals surface area contributed by atoms with E-state index in [0.717, 1.165) is 0 Å². The lowest BCUT2D eigenvalue weighted by atomic mass is 10.0. The van der Waals surface area contributed by atoms with Crippen LogP contribution in [0.25, 0.3) is 0 Å². The Morgan fingerprint density at radius 2 is 1.95 bits per heavy atom. The quantitative estimate of drug-likeness (QED) is 0.695. The molecule has 0 aliphatic carbocycles. The first kappa shape index (κ1) is 14.6.